The van der Waals surface area contributed by atoms with Gasteiger partial charge in [0.25, 0.3) is 0 Å². The van der Waals surface area contributed by atoms with Gasteiger partial charge in [-0.2, -0.15) is 0 Å². The number of hydrogen-bond donors (Lipinski definition) is 0. The van der Waals surface area contributed by atoms with E-state index in [2.05, 4.69) is 31.9 Å². The van der Waals surface area contributed by atoms with E-state index in [0.717, 1.165) is 11.3 Å². The maximum Gasteiger partial charge on any atom is 0.127 e. The molecule has 17 heavy (non-hydrogen) atoms. The minimum absolute atomic E-state index is 0.0896. The Morgan fingerprint density at radius 2 is 1.65 bits per heavy atom. The Labute approximate surface area is 116 Å². The third-order valence-electron chi connectivity index (χ3n) is 2.16. The highest BCUT2D eigenvalue weighted by molar-refractivity contribution is 9.24. The van der Waals surface area contributed by atoms with Gasteiger partial charge in [-0.25, -0.2) is 4.39 Å². The maximum absolute atomic E-state index is 12.7. The lowest BCUT2D eigenvalue weighted by atomic mass is 10.2. The molecule has 4 heteroatoms. The molecule has 88 valence electrons. The third-order valence-corrected chi connectivity index (χ3v) is 3.22. The summed E-state index contributed by atoms with van der Waals surface area (Å²) in [6, 6.07) is 13.6. The van der Waals surface area contributed by atoms with Crippen molar-refractivity contribution in [3.63, 3.8) is 0 Å². The first-order chi connectivity index (χ1) is 8.15. The molecule has 2 aromatic carbocycles. The van der Waals surface area contributed by atoms with Crippen molar-refractivity contribution >= 4 is 31.9 Å². The number of rotatable bonds is 3. The summed E-state index contributed by atoms with van der Waals surface area (Å²) in [5.74, 6) is 1.06. The van der Waals surface area contributed by atoms with Crippen molar-refractivity contribution in [2.24, 2.45) is 0 Å². The van der Waals surface area contributed by atoms with Gasteiger partial charge < -0.3 is 4.74 Å². The Bertz CT molecular complexity index is 497. The SMILES string of the molecule is Fc1ccc(Oc2cccc(C(Br)Br)c2)cc1. The van der Waals surface area contributed by atoms with Gasteiger partial charge in [-0.15, -0.1) is 0 Å². The van der Waals surface area contributed by atoms with Crippen LogP contribution < -0.4 is 4.74 Å². The molecule has 0 saturated heterocycles. The predicted molar refractivity (Wildman–Crippen MR) is 73.5 cm³/mol. The Morgan fingerprint density at radius 3 is 2.29 bits per heavy atom. The van der Waals surface area contributed by atoms with Crippen LogP contribution >= 0.6 is 31.9 Å². The fourth-order valence-corrected chi connectivity index (χ4v) is 1.92. The van der Waals surface area contributed by atoms with Crippen molar-refractivity contribution in [1.29, 1.82) is 0 Å². The lowest BCUT2D eigenvalue weighted by Crippen LogP contribution is -1.86. The van der Waals surface area contributed by atoms with Gasteiger partial charge in [0, 0.05) is 0 Å². The monoisotopic (exact) mass is 358 g/mol. The van der Waals surface area contributed by atoms with Crippen molar-refractivity contribution in [2.75, 3.05) is 0 Å². The summed E-state index contributed by atoms with van der Waals surface area (Å²) in [4.78, 5) is 0. The van der Waals surface area contributed by atoms with Gasteiger partial charge in [0.05, 0.1) is 3.74 Å². The number of ether oxygens (including phenoxy) is 1. The van der Waals surface area contributed by atoms with Crippen molar-refractivity contribution in [3.8, 4) is 11.5 Å². The summed E-state index contributed by atoms with van der Waals surface area (Å²) >= 11 is 6.85. The maximum atomic E-state index is 12.7. The van der Waals surface area contributed by atoms with Crippen LogP contribution in [0.1, 0.15) is 9.30 Å². The molecular weight excluding hydrogens is 351 g/mol. The smallest absolute Gasteiger partial charge is 0.127 e. The molecule has 0 aliphatic heterocycles. The van der Waals surface area contributed by atoms with Crippen LogP contribution in [-0.4, -0.2) is 0 Å². The fourth-order valence-electron chi connectivity index (χ4n) is 1.35. The average molecular weight is 360 g/mol. The molecule has 0 aliphatic rings. The van der Waals surface area contributed by atoms with E-state index in [0.29, 0.717) is 5.75 Å². The van der Waals surface area contributed by atoms with E-state index < -0.39 is 0 Å². The van der Waals surface area contributed by atoms with Crippen LogP contribution in [0, 0.1) is 5.82 Å². The van der Waals surface area contributed by atoms with Gasteiger partial charge in [-0.05, 0) is 42.0 Å². The molecule has 0 aliphatic carbocycles. The van der Waals surface area contributed by atoms with E-state index in [-0.39, 0.29) is 9.55 Å². The van der Waals surface area contributed by atoms with Gasteiger partial charge in [-0.1, -0.05) is 44.0 Å². The minimum Gasteiger partial charge on any atom is -0.457 e. The van der Waals surface area contributed by atoms with Gasteiger partial charge in [0.2, 0.25) is 0 Å². The number of halogens is 3. The van der Waals surface area contributed by atoms with Gasteiger partial charge in [0.1, 0.15) is 17.3 Å². The molecule has 0 heterocycles. The molecule has 0 aromatic heterocycles. The number of benzene rings is 2. The standard InChI is InChI=1S/C13H9Br2FO/c14-13(15)9-2-1-3-12(8-9)17-11-6-4-10(16)5-7-11/h1-8,13H. The average Bonchev–Trinajstić information content (AvgIpc) is 2.32. The van der Waals surface area contributed by atoms with Gasteiger partial charge in [0.15, 0.2) is 0 Å². The quantitative estimate of drug-likeness (QED) is 0.666. The number of alkyl halides is 2. The summed E-state index contributed by atoms with van der Waals surface area (Å²) in [6.07, 6.45) is 0. The Morgan fingerprint density at radius 1 is 0.941 bits per heavy atom. The largest absolute Gasteiger partial charge is 0.457 e. The zero-order chi connectivity index (χ0) is 12.3. The first-order valence-corrected chi connectivity index (χ1v) is 6.80. The zero-order valence-electron chi connectivity index (χ0n) is 8.74. The molecule has 0 radical (unpaired) electrons. The topological polar surface area (TPSA) is 9.23 Å². The highest BCUT2D eigenvalue weighted by Gasteiger charge is 2.04. The summed E-state index contributed by atoms with van der Waals surface area (Å²) in [6.45, 7) is 0. The highest BCUT2D eigenvalue weighted by atomic mass is 79.9. The van der Waals surface area contributed by atoms with E-state index in [9.17, 15) is 4.39 Å². The zero-order valence-corrected chi connectivity index (χ0v) is 11.9. The van der Waals surface area contributed by atoms with Crippen LogP contribution in [0.15, 0.2) is 48.5 Å². The molecule has 0 atom stereocenters. The molecule has 0 amide bonds. The normalized spacial score (nSPS) is 10.6. The first kappa shape index (κ1) is 12.6. The van der Waals surface area contributed by atoms with E-state index in [1.807, 2.05) is 24.3 Å². The first-order valence-electron chi connectivity index (χ1n) is 4.97. The van der Waals surface area contributed by atoms with Gasteiger partial charge >= 0.3 is 0 Å². The van der Waals surface area contributed by atoms with Crippen molar-refractivity contribution in [3.05, 3.63) is 59.9 Å². The molecular formula is C13H9Br2FO. The van der Waals surface area contributed by atoms with Gasteiger partial charge in [-0.3, -0.25) is 0 Å². The Kier molecular flexibility index (Phi) is 4.18. The summed E-state index contributed by atoms with van der Waals surface area (Å²) in [5.41, 5.74) is 1.06. The Hall–Kier alpha value is -0.870. The third kappa shape index (κ3) is 3.54. The van der Waals surface area contributed by atoms with Crippen LogP contribution in [0.4, 0.5) is 4.39 Å². The second-order valence-electron chi connectivity index (χ2n) is 3.43. The molecule has 2 rings (SSSR count). The number of hydrogen-bond acceptors (Lipinski definition) is 1. The van der Waals surface area contributed by atoms with E-state index in [1.54, 1.807) is 12.1 Å². The second kappa shape index (κ2) is 5.65. The lowest BCUT2D eigenvalue weighted by Gasteiger charge is -2.08. The molecule has 0 saturated carbocycles. The van der Waals surface area contributed by atoms with Crippen LogP contribution in [0.25, 0.3) is 0 Å². The van der Waals surface area contributed by atoms with E-state index in [4.69, 9.17) is 4.74 Å². The van der Waals surface area contributed by atoms with Crippen LogP contribution in [0.3, 0.4) is 0 Å². The van der Waals surface area contributed by atoms with Crippen LogP contribution in [0.5, 0.6) is 11.5 Å². The Balaban J connectivity index is 2.18. The molecule has 0 N–H and O–H groups in total. The van der Waals surface area contributed by atoms with E-state index >= 15 is 0 Å². The van der Waals surface area contributed by atoms with E-state index in [1.165, 1.54) is 12.1 Å². The van der Waals surface area contributed by atoms with Crippen molar-refractivity contribution in [2.45, 2.75) is 3.74 Å². The molecule has 0 spiro atoms. The molecule has 1 nitrogen and oxygen atoms in total. The molecule has 0 fully saturated rings. The summed E-state index contributed by atoms with van der Waals surface area (Å²) in [7, 11) is 0. The predicted octanol–water partition coefficient (Wildman–Crippen LogP) is 5.41. The fraction of sp³-hybridized carbons (Fsp3) is 0.0769. The summed E-state index contributed by atoms with van der Waals surface area (Å²) in [5, 5.41) is 0. The molecule has 0 bridgehead atoms. The highest BCUT2D eigenvalue weighted by Crippen LogP contribution is 2.32. The van der Waals surface area contributed by atoms with Crippen LogP contribution in [0.2, 0.25) is 0 Å². The van der Waals surface area contributed by atoms with Crippen molar-refractivity contribution in [1.82, 2.24) is 0 Å². The summed E-state index contributed by atoms with van der Waals surface area (Å²) < 4.78 is 18.4. The second-order valence-corrected chi connectivity index (χ2v) is 6.49. The molecule has 0 unspecified atom stereocenters. The minimum atomic E-state index is -0.271. The molecule has 2 aromatic rings. The van der Waals surface area contributed by atoms with Crippen LogP contribution in [-0.2, 0) is 0 Å². The lowest BCUT2D eigenvalue weighted by molar-refractivity contribution is 0.480. The van der Waals surface area contributed by atoms with Crippen molar-refractivity contribution < 1.29 is 9.13 Å².